The van der Waals surface area contributed by atoms with Crippen LogP contribution >= 0.6 is 0 Å². The summed E-state index contributed by atoms with van der Waals surface area (Å²) in [5.41, 5.74) is 0. The Bertz CT molecular complexity index is 155. The average molecular weight is 142 g/mol. The van der Waals surface area contributed by atoms with Gasteiger partial charge in [0, 0.05) is 0 Å². The van der Waals surface area contributed by atoms with E-state index in [1.54, 1.807) is 13.0 Å². The van der Waals surface area contributed by atoms with Crippen LogP contribution in [0.5, 0.6) is 0 Å². The van der Waals surface area contributed by atoms with Crippen LogP contribution in [0, 0.1) is 0 Å². The van der Waals surface area contributed by atoms with Crippen molar-refractivity contribution in [1.82, 2.24) is 0 Å². The van der Waals surface area contributed by atoms with Gasteiger partial charge in [-0.15, -0.1) is 6.58 Å². The summed E-state index contributed by atoms with van der Waals surface area (Å²) in [5, 5.41) is 0. The number of carbonyl (C=O) groups is 1. The average Bonchev–Trinajstić information content (AvgIpc) is 2.33. The van der Waals surface area contributed by atoms with Crippen molar-refractivity contribution >= 4 is 6.29 Å². The predicted octanol–water partition coefficient (Wildman–Crippen LogP) is 0.503. The van der Waals surface area contributed by atoms with E-state index in [0.29, 0.717) is 12.9 Å². The molecule has 1 rings (SSSR count). The molecular formula is C7H10O3. The summed E-state index contributed by atoms with van der Waals surface area (Å²) in [6.07, 6.45) is 2.13. The summed E-state index contributed by atoms with van der Waals surface area (Å²) < 4.78 is 10.2. The maximum Gasteiger partial charge on any atom is 0.223 e. The van der Waals surface area contributed by atoms with Crippen molar-refractivity contribution in [2.24, 2.45) is 0 Å². The van der Waals surface area contributed by atoms with Crippen LogP contribution in [-0.4, -0.2) is 24.8 Å². The van der Waals surface area contributed by atoms with E-state index < -0.39 is 5.79 Å². The molecule has 0 bridgehead atoms. The third-order valence-corrected chi connectivity index (χ3v) is 1.40. The highest BCUT2D eigenvalue weighted by Gasteiger charge is 2.35. The highest BCUT2D eigenvalue weighted by molar-refractivity contribution is 5.59. The molecule has 1 saturated heterocycles. The smallest absolute Gasteiger partial charge is 0.223 e. The van der Waals surface area contributed by atoms with Crippen LogP contribution in [0.3, 0.4) is 0 Å². The molecule has 1 fully saturated rings. The normalized spacial score (nSPS) is 39.5. The van der Waals surface area contributed by atoms with Crippen molar-refractivity contribution in [2.75, 3.05) is 6.61 Å². The van der Waals surface area contributed by atoms with Gasteiger partial charge in [0.05, 0.1) is 6.61 Å². The van der Waals surface area contributed by atoms with Crippen molar-refractivity contribution in [1.29, 1.82) is 0 Å². The van der Waals surface area contributed by atoms with E-state index in [9.17, 15) is 4.79 Å². The fraction of sp³-hybridized carbons (Fsp3) is 0.571. The molecule has 0 aromatic rings. The molecule has 2 unspecified atom stereocenters. The van der Waals surface area contributed by atoms with Crippen LogP contribution in [0.2, 0.25) is 0 Å². The summed E-state index contributed by atoms with van der Waals surface area (Å²) in [7, 11) is 0. The van der Waals surface area contributed by atoms with Gasteiger partial charge in [-0.25, -0.2) is 0 Å². The standard InChI is InChI=1S/C7H10O3/c1-3-6-4-9-7(2,5-8)10-6/h3,5-6H,1,4H2,2H3. The van der Waals surface area contributed by atoms with Crippen LogP contribution < -0.4 is 0 Å². The summed E-state index contributed by atoms with van der Waals surface area (Å²) >= 11 is 0. The molecule has 2 atom stereocenters. The van der Waals surface area contributed by atoms with Crippen molar-refractivity contribution in [3.05, 3.63) is 12.7 Å². The first kappa shape index (κ1) is 7.44. The summed E-state index contributed by atoms with van der Waals surface area (Å²) in [4.78, 5) is 10.3. The lowest BCUT2D eigenvalue weighted by Crippen LogP contribution is -2.27. The second-order valence-electron chi connectivity index (χ2n) is 2.34. The van der Waals surface area contributed by atoms with Crippen LogP contribution in [0.15, 0.2) is 12.7 Å². The molecule has 0 aliphatic carbocycles. The minimum absolute atomic E-state index is 0.143. The van der Waals surface area contributed by atoms with Crippen LogP contribution in [0.1, 0.15) is 6.92 Å². The third-order valence-electron chi connectivity index (χ3n) is 1.40. The maximum absolute atomic E-state index is 10.3. The molecule has 0 radical (unpaired) electrons. The molecule has 0 spiro atoms. The zero-order valence-corrected chi connectivity index (χ0v) is 5.87. The second-order valence-corrected chi connectivity index (χ2v) is 2.34. The zero-order valence-electron chi connectivity index (χ0n) is 5.87. The molecule has 10 heavy (non-hydrogen) atoms. The van der Waals surface area contributed by atoms with E-state index in [0.717, 1.165) is 0 Å². The van der Waals surface area contributed by atoms with Crippen LogP contribution in [-0.2, 0) is 14.3 Å². The first-order valence-electron chi connectivity index (χ1n) is 3.11. The molecule has 1 aliphatic rings. The third kappa shape index (κ3) is 1.25. The van der Waals surface area contributed by atoms with Crippen molar-refractivity contribution in [2.45, 2.75) is 18.8 Å². The first-order chi connectivity index (χ1) is 4.70. The lowest BCUT2D eigenvalue weighted by molar-refractivity contribution is -0.162. The zero-order chi connectivity index (χ0) is 7.61. The second kappa shape index (κ2) is 2.52. The maximum atomic E-state index is 10.3. The Labute approximate surface area is 59.6 Å². The van der Waals surface area contributed by atoms with Gasteiger partial charge in [-0.3, -0.25) is 4.79 Å². The van der Waals surface area contributed by atoms with E-state index in [2.05, 4.69) is 6.58 Å². The van der Waals surface area contributed by atoms with Gasteiger partial charge in [0.25, 0.3) is 0 Å². The number of aldehydes is 1. The Kier molecular flexibility index (Phi) is 1.87. The number of rotatable bonds is 2. The molecule has 0 aromatic heterocycles. The van der Waals surface area contributed by atoms with E-state index in [1.165, 1.54) is 0 Å². The highest BCUT2D eigenvalue weighted by Crippen LogP contribution is 2.20. The van der Waals surface area contributed by atoms with Gasteiger partial charge in [0.2, 0.25) is 5.79 Å². The van der Waals surface area contributed by atoms with E-state index in [1.807, 2.05) is 0 Å². The number of carbonyl (C=O) groups excluding carboxylic acids is 1. The topological polar surface area (TPSA) is 35.5 Å². The lowest BCUT2D eigenvalue weighted by atomic mass is 10.4. The van der Waals surface area contributed by atoms with Gasteiger partial charge in [0.15, 0.2) is 6.29 Å². The lowest BCUT2D eigenvalue weighted by Gasteiger charge is -2.13. The molecule has 56 valence electrons. The minimum atomic E-state index is -1.04. The predicted molar refractivity (Wildman–Crippen MR) is 35.5 cm³/mol. The SMILES string of the molecule is C=CC1COC(C)(C=O)O1. The Morgan fingerprint density at radius 1 is 1.80 bits per heavy atom. The van der Waals surface area contributed by atoms with E-state index in [4.69, 9.17) is 9.47 Å². The molecule has 1 heterocycles. The fourth-order valence-corrected chi connectivity index (χ4v) is 0.794. The minimum Gasteiger partial charge on any atom is -0.341 e. The monoisotopic (exact) mass is 142 g/mol. The van der Waals surface area contributed by atoms with Crippen LogP contribution in [0.4, 0.5) is 0 Å². The van der Waals surface area contributed by atoms with Gasteiger partial charge in [-0.2, -0.15) is 0 Å². The highest BCUT2D eigenvalue weighted by atomic mass is 16.7. The molecule has 0 aromatic carbocycles. The molecule has 3 nitrogen and oxygen atoms in total. The molecule has 1 aliphatic heterocycles. The van der Waals surface area contributed by atoms with Crippen molar-refractivity contribution in [3.63, 3.8) is 0 Å². The Hall–Kier alpha value is -0.670. The molecular weight excluding hydrogens is 132 g/mol. The van der Waals surface area contributed by atoms with Gasteiger partial charge >= 0.3 is 0 Å². The van der Waals surface area contributed by atoms with Gasteiger partial charge in [-0.05, 0) is 6.92 Å². The van der Waals surface area contributed by atoms with Gasteiger partial charge < -0.3 is 9.47 Å². The summed E-state index contributed by atoms with van der Waals surface area (Å²) in [6, 6.07) is 0. The van der Waals surface area contributed by atoms with Crippen LogP contribution in [0.25, 0.3) is 0 Å². The number of hydrogen-bond acceptors (Lipinski definition) is 3. The molecule has 0 amide bonds. The van der Waals surface area contributed by atoms with Gasteiger partial charge in [-0.1, -0.05) is 6.08 Å². The van der Waals surface area contributed by atoms with Gasteiger partial charge in [0.1, 0.15) is 6.10 Å². The summed E-state index contributed by atoms with van der Waals surface area (Å²) in [5.74, 6) is -1.04. The Morgan fingerprint density at radius 3 is 2.80 bits per heavy atom. The molecule has 0 N–H and O–H groups in total. The molecule has 0 saturated carbocycles. The van der Waals surface area contributed by atoms with E-state index in [-0.39, 0.29) is 6.10 Å². The number of hydrogen-bond donors (Lipinski definition) is 0. The van der Waals surface area contributed by atoms with E-state index >= 15 is 0 Å². The molecule has 3 heteroatoms. The largest absolute Gasteiger partial charge is 0.341 e. The Morgan fingerprint density at radius 2 is 2.50 bits per heavy atom. The Balaban J connectivity index is 2.56. The number of ether oxygens (including phenoxy) is 2. The quantitative estimate of drug-likeness (QED) is 0.416. The van der Waals surface area contributed by atoms with Crippen molar-refractivity contribution in [3.8, 4) is 0 Å². The van der Waals surface area contributed by atoms with Crippen molar-refractivity contribution < 1.29 is 14.3 Å². The fourth-order valence-electron chi connectivity index (χ4n) is 0.794. The summed E-state index contributed by atoms with van der Waals surface area (Å²) in [6.45, 7) is 5.52. The first-order valence-corrected chi connectivity index (χ1v) is 3.11.